The van der Waals surface area contributed by atoms with Crippen molar-refractivity contribution in [2.75, 3.05) is 0 Å². The molecule has 0 aliphatic rings. The highest BCUT2D eigenvalue weighted by Gasteiger charge is 2.32. The molecule has 1 aromatic heterocycles. The molecular formula is C13H23N3O4S. The van der Waals surface area contributed by atoms with E-state index >= 15 is 0 Å². The molecule has 120 valence electrons. The molecule has 0 aliphatic heterocycles. The van der Waals surface area contributed by atoms with Crippen molar-refractivity contribution in [1.82, 2.24) is 14.7 Å². The van der Waals surface area contributed by atoms with E-state index in [4.69, 9.17) is 4.74 Å². The molecule has 0 bridgehead atoms. The summed E-state index contributed by atoms with van der Waals surface area (Å²) in [7, 11) is -3.85. The van der Waals surface area contributed by atoms with Crippen molar-refractivity contribution in [3.05, 3.63) is 12.0 Å². The Labute approximate surface area is 125 Å². The summed E-state index contributed by atoms with van der Waals surface area (Å²) in [6, 6.07) is -0.960. The van der Waals surface area contributed by atoms with Crippen LogP contribution < -0.4 is 4.72 Å². The summed E-state index contributed by atoms with van der Waals surface area (Å²) >= 11 is 0. The smallest absolute Gasteiger partial charge is 0.324 e. The SMILES string of the molecule is Cc1ncc(S(=O)(=O)N[C@H](C(=O)OC(C)(C)C)C(C)C)[nH]1. The third kappa shape index (κ3) is 5.13. The summed E-state index contributed by atoms with van der Waals surface area (Å²) in [5, 5.41) is -0.0748. The van der Waals surface area contributed by atoms with Gasteiger partial charge in [-0.25, -0.2) is 13.4 Å². The van der Waals surface area contributed by atoms with Crippen LogP contribution in [0.3, 0.4) is 0 Å². The van der Waals surface area contributed by atoms with Crippen molar-refractivity contribution in [3.8, 4) is 0 Å². The second kappa shape index (κ2) is 6.15. The average Bonchev–Trinajstić information content (AvgIpc) is 2.70. The van der Waals surface area contributed by atoms with Crippen LogP contribution in [0.15, 0.2) is 11.2 Å². The van der Waals surface area contributed by atoms with Gasteiger partial charge >= 0.3 is 5.97 Å². The van der Waals surface area contributed by atoms with Gasteiger partial charge in [-0.2, -0.15) is 4.72 Å². The zero-order chi connectivity index (χ0) is 16.4. The highest BCUT2D eigenvalue weighted by Crippen LogP contribution is 2.15. The first kappa shape index (κ1) is 17.6. The van der Waals surface area contributed by atoms with Gasteiger partial charge in [-0.1, -0.05) is 13.8 Å². The quantitative estimate of drug-likeness (QED) is 0.799. The van der Waals surface area contributed by atoms with Gasteiger partial charge < -0.3 is 9.72 Å². The van der Waals surface area contributed by atoms with Crippen LogP contribution in [0.25, 0.3) is 0 Å². The standard InChI is InChI=1S/C13H23N3O4S/c1-8(2)11(12(17)20-13(4,5)6)16-21(18,19)10-7-14-9(3)15-10/h7-8,11,16H,1-6H3,(H,14,15)/t11-/m0/s1. The number of hydrogen-bond donors (Lipinski definition) is 2. The topological polar surface area (TPSA) is 101 Å². The fourth-order valence-corrected chi connectivity index (χ4v) is 2.89. The van der Waals surface area contributed by atoms with Crippen molar-refractivity contribution in [2.45, 2.75) is 58.2 Å². The number of hydrogen-bond acceptors (Lipinski definition) is 5. The molecule has 0 aromatic carbocycles. The van der Waals surface area contributed by atoms with Gasteiger partial charge in [0.2, 0.25) is 0 Å². The number of H-pyrrole nitrogens is 1. The maximum atomic E-state index is 12.2. The molecule has 0 unspecified atom stereocenters. The molecule has 0 saturated heterocycles. The Morgan fingerprint density at radius 3 is 2.33 bits per heavy atom. The molecule has 1 atom stereocenters. The van der Waals surface area contributed by atoms with E-state index in [1.54, 1.807) is 41.5 Å². The van der Waals surface area contributed by atoms with E-state index in [1.807, 2.05) is 0 Å². The highest BCUT2D eigenvalue weighted by molar-refractivity contribution is 7.89. The Morgan fingerprint density at radius 1 is 1.38 bits per heavy atom. The van der Waals surface area contributed by atoms with Crippen LogP contribution >= 0.6 is 0 Å². The number of aromatic amines is 1. The van der Waals surface area contributed by atoms with E-state index in [2.05, 4.69) is 14.7 Å². The van der Waals surface area contributed by atoms with Gasteiger partial charge in [-0.05, 0) is 33.6 Å². The summed E-state index contributed by atoms with van der Waals surface area (Å²) in [6.45, 7) is 10.3. The van der Waals surface area contributed by atoms with E-state index in [9.17, 15) is 13.2 Å². The first-order valence-electron chi connectivity index (χ1n) is 6.69. The van der Waals surface area contributed by atoms with Crippen molar-refractivity contribution in [3.63, 3.8) is 0 Å². The minimum atomic E-state index is -3.85. The molecule has 21 heavy (non-hydrogen) atoms. The van der Waals surface area contributed by atoms with Crippen molar-refractivity contribution >= 4 is 16.0 Å². The van der Waals surface area contributed by atoms with E-state index in [0.29, 0.717) is 5.82 Å². The predicted octanol–water partition coefficient (Wildman–Crippen LogP) is 1.36. The number of imidazole rings is 1. The molecule has 1 heterocycles. The average molecular weight is 317 g/mol. The van der Waals surface area contributed by atoms with Gasteiger partial charge in [0.05, 0.1) is 6.20 Å². The number of aromatic nitrogens is 2. The molecule has 2 N–H and O–H groups in total. The number of sulfonamides is 1. The first-order chi connectivity index (χ1) is 9.42. The summed E-state index contributed by atoms with van der Waals surface area (Å²) in [6.07, 6.45) is 1.21. The molecule has 0 fully saturated rings. The number of nitrogens with zero attached hydrogens (tertiary/aromatic N) is 1. The fraction of sp³-hybridized carbons (Fsp3) is 0.692. The summed E-state index contributed by atoms with van der Waals surface area (Å²) < 4.78 is 32.1. The molecule has 1 rings (SSSR count). The number of carbonyl (C=O) groups is 1. The fourth-order valence-electron chi connectivity index (χ4n) is 1.59. The van der Waals surface area contributed by atoms with E-state index < -0.39 is 27.6 Å². The predicted molar refractivity (Wildman–Crippen MR) is 78.1 cm³/mol. The number of rotatable bonds is 5. The molecular weight excluding hydrogens is 294 g/mol. The summed E-state index contributed by atoms with van der Waals surface area (Å²) in [5.41, 5.74) is -0.680. The van der Waals surface area contributed by atoms with Crippen LogP contribution in [-0.2, 0) is 19.6 Å². The molecule has 7 nitrogen and oxygen atoms in total. The third-order valence-corrected chi connectivity index (χ3v) is 3.93. The van der Waals surface area contributed by atoms with E-state index in [0.717, 1.165) is 0 Å². The number of nitrogens with one attached hydrogen (secondary N) is 2. The molecule has 0 aliphatic carbocycles. The zero-order valence-corrected chi connectivity index (χ0v) is 14.0. The van der Waals surface area contributed by atoms with Gasteiger partial charge in [-0.15, -0.1) is 0 Å². The van der Waals surface area contributed by atoms with Gasteiger partial charge in [0.25, 0.3) is 10.0 Å². The van der Waals surface area contributed by atoms with Crippen LogP contribution in [0, 0.1) is 12.8 Å². The Bertz CT molecular complexity index is 599. The molecule has 0 amide bonds. The van der Waals surface area contributed by atoms with Gasteiger partial charge in [-0.3, -0.25) is 4.79 Å². The zero-order valence-electron chi connectivity index (χ0n) is 13.2. The second-order valence-electron chi connectivity index (χ2n) is 6.21. The van der Waals surface area contributed by atoms with Crippen LogP contribution in [0.2, 0.25) is 0 Å². The largest absolute Gasteiger partial charge is 0.459 e. The maximum absolute atomic E-state index is 12.2. The van der Waals surface area contributed by atoms with Gasteiger partial charge in [0.15, 0.2) is 5.03 Å². The lowest BCUT2D eigenvalue weighted by atomic mass is 10.1. The van der Waals surface area contributed by atoms with Crippen LogP contribution in [-0.4, -0.2) is 36.0 Å². The molecule has 8 heteroatoms. The number of esters is 1. The highest BCUT2D eigenvalue weighted by atomic mass is 32.2. The maximum Gasteiger partial charge on any atom is 0.324 e. The molecule has 0 radical (unpaired) electrons. The summed E-state index contributed by atoms with van der Waals surface area (Å²) in [4.78, 5) is 18.6. The lowest BCUT2D eigenvalue weighted by molar-refractivity contribution is -0.158. The Morgan fingerprint density at radius 2 is 1.95 bits per heavy atom. The Hall–Kier alpha value is -1.41. The van der Waals surface area contributed by atoms with Crippen molar-refractivity contribution in [2.24, 2.45) is 5.92 Å². The lowest BCUT2D eigenvalue weighted by Crippen LogP contribution is -2.47. The Kier molecular flexibility index (Phi) is 5.16. The van der Waals surface area contributed by atoms with Crippen LogP contribution in [0.4, 0.5) is 0 Å². The van der Waals surface area contributed by atoms with E-state index in [-0.39, 0.29) is 10.9 Å². The number of carbonyl (C=O) groups excluding carboxylic acids is 1. The van der Waals surface area contributed by atoms with Crippen LogP contribution in [0.1, 0.15) is 40.4 Å². The summed E-state index contributed by atoms with van der Waals surface area (Å²) in [5.74, 6) is -0.371. The first-order valence-corrected chi connectivity index (χ1v) is 8.17. The lowest BCUT2D eigenvalue weighted by Gasteiger charge is -2.26. The van der Waals surface area contributed by atoms with Crippen molar-refractivity contribution < 1.29 is 17.9 Å². The third-order valence-electron chi connectivity index (χ3n) is 2.58. The number of ether oxygens (including phenoxy) is 1. The van der Waals surface area contributed by atoms with Crippen LogP contribution in [0.5, 0.6) is 0 Å². The normalized spacial score (nSPS) is 14.2. The van der Waals surface area contributed by atoms with E-state index in [1.165, 1.54) is 6.20 Å². The van der Waals surface area contributed by atoms with Crippen molar-refractivity contribution in [1.29, 1.82) is 0 Å². The number of aryl methyl sites for hydroxylation is 1. The van der Waals surface area contributed by atoms with Gasteiger partial charge in [0, 0.05) is 0 Å². The molecule has 1 aromatic rings. The molecule has 0 saturated carbocycles. The minimum Gasteiger partial charge on any atom is -0.459 e. The minimum absolute atomic E-state index is 0.0748. The monoisotopic (exact) mass is 317 g/mol. The second-order valence-corrected chi connectivity index (χ2v) is 7.89. The Balaban J connectivity index is 2.96. The molecule has 0 spiro atoms. The van der Waals surface area contributed by atoms with Gasteiger partial charge in [0.1, 0.15) is 17.5 Å².